The fourth-order valence-electron chi connectivity index (χ4n) is 3.16. The minimum absolute atomic E-state index is 0.0774. The lowest BCUT2D eigenvalue weighted by Gasteiger charge is -2.35. The van der Waals surface area contributed by atoms with E-state index in [-0.39, 0.29) is 22.4 Å². The predicted octanol–water partition coefficient (Wildman–Crippen LogP) is 2.96. The number of halogens is 2. The maximum absolute atomic E-state index is 13.2. The molecule has 1 saturated heterocycles. The molecule has 8 heteroatoms. The molecule has 1 atom stereocenters. The van der Waals surface area contributed by atoms with Gasteiger partial charge in [-0.3, -0.25) is 13.8 Å². The minimum atomic E-state index is -0.978. The Balaban J connectivity index is 1.64. The van der Waals surface area contributed by atoms with Crippen molar-refractivity contribution in [1.29, 1.82) is 0 Å². The van der Waals surface area contributed by atoms with Crippen molar-refractivity contribution in [3.8, 4) is 0 Å². The molecule has 0 saturated carbocycles. The number of rotatable bonds is 4. The molecule has 3 rings (SSSR count). The predicted molar refractivity (Wildman–Crippen MR) is 107 cm³/mol. The standard InChI is InChI=1S/C20H20ClFN2O3S/c1-28(27)13-14-3-2-4-15(11-14)19(25)23-7-9-24(10-8-23)20(26)17-6-5-16(22)12-18(17)21/h2-6,11-12H,7-10,13H2,1H3. The van der Waals surface area contributed by atoms with Gasteiger partial charge in [-0.1, -0.05) is 23.7 Å². The second-order valence-corrected chi connectivity index (χ2v) is 8.47. The first-order valence-electron chi connectivity index (χ1n) is 8.77. The van der Waals surface area contributed by atoms with Crippen molar-refractivity contribution in [3.05, 3.63) is 70.0 Å². The molecule has 0 N–H and O–H groups in total. The summed E-state index contributed by atoms with van der Waals surface area (Å²) in [6, 6.07) is 10.8. The van der Waals surface area contributed by atoms with Crippen LogP contribution in [0.4, 0.5) is 4.39 Å². The highest BCUT2D eigenvalue weighted by atomic mass is 35.5. The summed E-state index contributed by atoms with van der Waals surface area (Å²) in [5.74, 6) is -0.478. The van der Waals surface area contributed by atoms with Gasteiger partial charge in [0.2, 0.25) is 0 Å². The van der Waals surface area contributed by atoms with Gasteiger partial charge >= 0.3 is 0 Å². The molecule has 2 amide bonds. The number of piperazine rings is 1. The van der Waals surface area contributed by atoms with Crippen LogP contribution in [0.3, 0.4) is 0 Å². The highest BCUT2D eigenvalue weighted by molar-refractivity contribution is 7.83. The molecule has 0 aromatic heterocycles. The normalized spacial score (nSPS) is 15.4. The summed E-state index contributed by atoms with van der Waals surface area (Å²) in [7, 11) is -0.978. The van der Waals surface area contributed by atoms with E-state index in [1.54, 1.807) is 34.3 Å². The summed E-state index contributed by atoms with van der Waals surface area (Å²) >= 11 is 5.98. The summed E-state index contributed by atoms with van der Waals surface area (Å²) in [6.07, 6.45) is 1.62. The van der Waals surface area contributed by atoms with E-state index in [1.165, 1.54) is 12.1 Å². The molecule has 2 aromatic carbocycles. The average Bonchev–Trinajstić information content (AvgIpc) is 2.67. The minimum Gasteiger partial charge on any atom is -0.335 e. The largest absolute Gasteiger partial charge is 0.335 e. The van der Waals surface area contributed by atoms with Crippen molar-refractivity contribution in [2.24, 2.45) is 0 Å². The van der Waals surface area contributed by atoms with Crippen LogP contribution in [0.2, 0.25) is 5.02 Å². The van der Waals surface area contributed by atoms with Crippen LogP contribution in [0.1, 0.15) is 26.3 Å². The Morgan fingerprint density at radius 2 is 1.68 bits per heavy atom. The van der Waals surface area contributed by atoms with Gasteiger partial charge in [0.15, 0.2) is 0 Å². The number of hydrogen-bond donors (Lipinski definition) is 0. The number of carbonyl (C=O) groups is 2. The third kappa shape index (κ3) is 4.77. The Labute approximate surface area is 170 Å². The van der Waals surface area contributed by atoms with Crippen molar-refractivity contribution >= 4 is 34.2 Å². The molecular weight excluding hydrogens is 403 g/mol. The molecule has 1 heterocycles. The molecule has 0 aliphatic carbocycles. The average molecular weight is 423 g/mol. The Bertz CT molecular complexity index is 929. The summed E-state index contributed by atoms with van der Waals surface area (Å²) in [6.45, 7) is 1.54. The topological polar surface area (TPSA) is 57.7 Å². The maximum Gasteiger partial charge on any atom is 0.255 e. The van der Waals surface area contributed by atoms with Crippen LogP contribution >= 0.6 is 11.6 Å². The first kappa shape index (κ1) is 20.5. The SMILES string of the molecule is CS(=O)Cc1cccc(C(=O)N2CCN(C(=O)c3ccc(F)cc3Cl)CC2)c1. The zero-order chi connectivity index (χ0) is 20.3. The molecule has 0 radical (unpaired) electrons. The number of nitrogens with zero attached hydrogens (tertiary/aromatic N) is 2. The van der Waals surface area contributed by atoms with Gasteiger partial charge in [-0.15, -0.1) is 0 Å². The molecule has 28 heavy (non-hydrogen) atoms. The fourth-order valence-corrected chi connectivity index (χ4v) is 4.05. The van der Waals surface area contributed by atoms with E-state index in [0.717, 1.165) is 11.6 Å². The van der Waals surface area contributed by atoms with E-state index >= 15 is 0 Å². The molecule has 1 aliphatic heterocycles. The lowest BCUT2D eigenvalue weighted by molar-refractivity contribution is 0.0535. The molecule has 5 nitrogen and oxygen atoms in total. The zero-order valence-corrected chi connectivity index (χ0v) is 16.9. The molecule has 1 aliphatic rings. The van der Waals surface area contributed by atoms with Crippen LogP contribution in [0.5, 0.6) is 0 Å². The number of carbonyl (C=O) groups excluding carboxylic acids is 2. The quantitative estimate of drug-likeness (QED) is 0.761. The molecule has 0 spiro atoms. The van der Waals surface area contributed by atoms with E-state index in [9.17, 15) is 18.2 Å². The Morgan fingerprint density at radius 3 is 2.29 bits per heavy atom. The Morgan fingerprint density at radius 1 is 1.04 bits per heavy atom. The van der Waals surface area contributed by atoms with Gasteiger partial charge in [-0.25, -0.2) is 4.39 Å². The van der Waals surface area contributed by atoms with Crippen LogP contribution in [0, 0.1) is 5.82 Å². The van der Waals surface area contributed by atoms with Gasteiger partial charge in [0.1, 0.15) is 5.82 Å². The molecule has 1 fully saturated rings. The van der Waals surface area contributed by atoms with Gasteiger partial charge in [0.05, 0.1) is 10.6 Å². The first-order valence-corrected chi connectivity index (χ1v) is 10.9. The monoisotopic (exact) mass is 422 g/mol. The van der Waals surface area contributed by atoms with Crippen LogP contribution in [0.25, 0.3) is 0 Å². The molecule has 0 bridgehead atoms. The van der Waals surface area contributed by atoms with Gasteiger partial charge in [-0.2, -0.15) is 0 Å². The van der Waals surface area contributed by atoms with E-state index in [4.69, 9.17) is 11.6 Å². The molecule has 1 unspecified atom stereocenters. The van der Waals surface area contributed by atoms with Gasteiger partial charge in [-0.05, 0) is 35.9 Å². The summed E-state index contributed by atoms with van der Waals surface area (Å²) in [4.78, 5) is 28.7. The first-order chi connectivity index (χ1) is 13.3. The Kier molecular flexibility index (Phi) is 6.46. The van der Waals surface area contributed by atoms with E-state index in [0.29, 0.717) is 37.5 Å². The molecule has 2 aromatic rings. The van der Waals surface area contributed by atoms with Gasteiger partial charge in [0.25, 0.3) is 11.8 Å². The number of hydrogen-bond acceptors (Lipinski definition) is 3. The fraction of sp³-hybridized carbons (Fsp3) is 0.300. The van der Waals surface area contributed by atoms with Crippen molar-refractivity contribution in [2.45, 2.75) is 5.75 Å². The molecule has 148 valence electrons. The maximum atomic E-state index is 13.2. The van der Waals surface area contributed by atoms with Crippen molar-refractivity contribution < 1.29 is 18.2 Å². The van der Waals surface area contributed by atoms with Crippen molar-refractivity contribution in [3.63, 3.8) is 0 Å². The van der Waals surface area contributed by atoms with Gasteiger partial charge < -0.3 is 9.80 Å². The van der Waals surface area contributed by atoms with Crippen LogP contribution in [0.15, 0.2) is 42.5 Å². The summed E-state index contributed by atoms with van der Waals surface area (Å²) < 4.78 is 24.6. The smallest absolute Gasteiger partial charge is 0.255 e. The summed E-state index contributed by atoms with van der Waals surface area (Å²) in [5, 5.41) is 0.0774. The number of benzene rings is 2. The van der Waals surface area contributed by atoms with E-state index < -0.39 is 16.6 Å². The molecular formula is C20H20ClFN2O3S. The number of amides is 2. The van der Waals surface area contributed by atoms with Gasteiger partial charge in [0, 0.05) is 54.6 Å². The lowest BCUT2D eigenvalue weighted by atomic mass is 10.1. The van der Waals surface area contributed by atoms with Crippen LogP contribution < -0.4 is 0 Å². The highest BCUT2D eigenvalue weighted by Gasteiger charge is 2.26. The highest BCUT2D eigenvalue weighted by Crippen LogP contribution is 2.20. The second-order valence-electron chi connectivity index (χ2n) is 6.63. The zero-order valence-electron chi connectivity index (χ0n) is 15.4. The van der Waals surface area contributed by atoms with E-state index in [2.05, 4.69) is 0 Å². The van der Waals surface area contributed by atoms with Crippen LogP contribution in [-0.2, 0) is 16.6 Å². The Hall–Kier alpha value is -2.25. The van der Waals surface area contributed by atoms with Crippen molar-refractivity contribution in [1.82, 2.24) is 9.80 Å². The third-order valence-electron chi connectivity index (χ3n) is 4.56. The van der Waals surface area contributed by atoms with E-state index in [1.807, 2.05) is 6.07 Å². The second kappa shape index (κ2) is 8.84. The lowest BCUT2D eigenvalue weighted by Crippen LogP contribution is -2.50. The summed E-state index contributed by atoms with van der Waals surface area (Å²) in [5.41, 5.74) is 1.65. The van der Waals surface area contributed by atoms with Crippen LogP contribution in [-0.4, -0.2) is 58.3 Å². The van der Waals surface area contributed by atoms with Crippen molar-refractivity contribution in [2.75, 3.05) is 32.4 Å². The third-order valence-corrected chi connectivity index (χ3v) is 5.61.